The van der Waals surface area contributed by atoms with Crippen LogP contribution in [0.4, 0.5) is 24.5 Å². The van der Waals surface area contributed by atoms with Gasteiger partial charge >= 0.3 is 6.18 Å². The van der Waals surface area contributed by atoms with Crippen LogP contribution in [0.3, 0.4) is 0 Å². The van der Waals surface area contributed by atoms with Gasteiger partial charge in [0.05, 0.1) is 22.2 Å². The molecular formula is C22H21ClF3N3O3. The van der Waals surface area contributed by atoms with E-state index < -0.39 is 29.5 Å². The van der Waals surface area contributed by atoms with Gasteiger partial charge in [0.15, 0.2) is 0 Å². The summed E-state index contributed by atoms with van der Waals surface area (Å²) in [5, 5.41) is 5.56. The lowest BCUT2D eigenvalue weighted by Crippen LogP contribution is -2.30. The van der Waals surface area contributed by atoms with Crippen LogP contribution in [0.25, 0.3) is 0 Å². The molecule has 2 aromatic carbocycles. The molecule has 1 atom stereocenters. The zero-order valence-electron chi connectivity index (χ0n) is 17.3. The molecule has 6 nitrogen and oxygen atoms in total. The van der Waals surface area contributed by atoms with Crippen LogP contribution in [0, 0.1) is 5.92 Å². The molecule has 10 heteroatoms. The summed E-state index contributed by atoms with van der Waals surface area (Å²) >= 11 is 6.14. The van der Waals surface area contributed by atoms with Crippen molar-refractivity contribution >= 4 is 40.7 Å². The van der Waals surface area contributed by atoms with Crippen molar-refractivity contribution < 1.29 is 27.6 Å². The van der Waals surface area contributed by atoms with Crippen molar-refractivity contribution in [1.82, 2.24) is 5.32 Å². The summed E-state index contributed by atoms with van der Waals surface area (Å²) in [5.74, 6) is -2.10. The molecule has 0 spiro atoms. The minimum Gasteiger partial charge on any atom is -0.350 e. The fourth-order valence-corrected chi connectivity index (χ4v) is 3.49. The highest BCUT2D eigenvalue weighted by molar-refractivity contribution is 6.34. The lowest BCUT2D eigenvalue weighted by molar-refractivity contribution is -0.137. The first-order chi connectivity index (χ1) is 15.0. The van der Waals surface area contributed by atoms with Gasteiger partial charge in [-0.05, 0) is 50.2 Å². The molecule has 3 rings (SSSR count). The fourth-order valence-electron chi connectivity index (χ4n) is 3.33. The Morgan fingerprint density at radius 3 is 2.53 bits per heavy atom. The number of carbonyl (C=O) groups is 3. The second-order valence-corrected chi connectivity index (χ2v) is 8.17. The van der Waals surface area contributed by atoms with Crippen LogP contribution in [-0.4, -0.2) is 30.3 Å². The molecule has 1 aliphatic rings. The highest BCUT2D eigenvalue weighted by Crippen LogP contribution is 2.34. The van der Waals surface area contributed by atoms with Gasteiger partial charge in [0.1, 0.15) is 0 Å². The van der Waals surface area contributed by atoms with E-state index >= 15 is 0 Å². The second kappa shape index (κ2) is 9.20. The number of hydrogen-bond donors (Lipinski definition) is 2. The van der Waals surface area contributed by atoms with Gasteiger partial charge in [0.25, 0.3) is 5.91 Å². The van der Waals surface area contributed by atoms with Crippen molar-refractivity contribution in [2.45, 2.75) is 32.5 Å². The first-order valence-corrected chi connectivity index (χ1v) is 10.2. The zero-order chi connectivity index (χ0) is 23.6. The van der Waals surface area contributed by atoms with Crippen LogP contribution in [0.15, 0.2) is 42.5 Å². The topological polar surface area (TPSA) is 78.5 Å². The quantitative estimate of drug-likeness (QED) is 0.680. The van der Waals surface area contributed by atoms with Crippen molar-refractivity contribution in [2.24, 2.45) is 5.92 Å². The number of anilines is 2. The summed E-state index contributed by atoms with van der Waals surface area (Å²) in [6.07, 6.45) is -4.70. The van der Waals surface area contributed by atoms with E-state index in [1.165, 1.54) is 30.3 Å². The molecule has 0 aliphatic carbocycles. The van der Waals surface area contributed by atoms with Gasteiger partial charge in [-0.25, -0.2) is 0 Å². The Balaban J connectivity index is 1.74. The Kier molecular flexibility index (Phi) is 6.78. The van der Waals surface area contributed by atoms with Crippen LogP contribution in [-0.2, 0) is 15.8 Å². The average molecular weight is 468 g/mol. The largest absolute Gasteiger partial charge is 0.416 e. The molecule has 1 heterocycles. The van der Waals surface area contributed by atoms with E-state index in [0.717, 1.165) is 17.0 Å². The molecule has 1 aliphatic heterocycles. The second-order valence-electron chi connectivity index (χ2n) is 7.77. The predicted molar refractivity (Wildman–Crippen MR) is 115 cm³/mol. The number of halogens is 4. The van der Waals surface area contributed by atoms with Gasteiger partial charge in [0, 0.05) is 30.3 Å². The Hall–Kier alpha value is -3.07. The molecule has 170 valence electrons. The molecule has 3 amide bonds. The molecular weight excluding hydrogens is 447 g/mol. The third-order valence-corrected chi connectivity index (χ3v) is 5.22. The molecule has 0 saturated carbocycles. The minimum absolute atomic E-state index is 0.0723. The van der Waals surface area contributed by atoms with E-state index in [1.54, 1.807) is 0 Å². The number of nitrogens with zero attached hydrogens (tertiary/aromatic N) is 1. The van der Waals surface area contributed by atoms with E-state index in [2.05, 4.69) is 10.6 Å². The number of nitrogens with one attached hydrogen (secondary N) is 2. The number of carbonyl (C=O) groups excluding carboxylic acids is 3. The maximum Gasteiger partial charge on any atom is 0.416 e. The summed E-state index contributed by atoms with van der Waals surface area (Å²) in [6.45, 7) is 3.55. The number of benzene rings is 2. The Morgan fingerprint density at radius 1 is 1.16 bits per heavy atom. The summed E-state index contributed by atoms with van der Waals surface area (Å²) < 4.78 is 39.0. The van der Waals surface area contributed by atoms with Crippen molar-refractivity contribution in [3.63, 3.8) is 0 Å². The van der Waals surface area contributed by atoms with Gasteiger partial charge in [-0.3, -0.25) is 14.4 Å². The maximum atomic E-state index is 13.0. The van der Waals surface area contributed by atoms with Crippen molar-refractivity contribution in [3.8, 4) is 0 Å². The molecule has 0 bridgehead atoms. The molecule has 1 unspecified atom stereocenters. The summed E-state index contributed by atoms with van der Waals surface area (Å²) in [7, 11) is 0. The first-order valence-electron chi connectivity index (χ1n) is 9.84. The molecule has 0 radical (unpaired) electrons. The summed E-state index contributed by atoms with van der Waals surface area (Å²) in [4.78, 5) is 38.5. The molecule has 2 aromatic rings. The van der Waals surface area contributed by atoms with Crippen LogP contribution in [0.1, 0.15) is 36.2 Å². The number of amides is 3. The van der Waals surface area contributed by atoms with Gasteiger partial charge in [-0.1, -0.05) is 17.7 Å². The Morgan fingerprint density at radius 2 is 1.88 bits per heavy atom. The van der Waals surface area contributed by atoms with Crippen LogP contribution in [0.5, 0.6) is 0 Å². The van der Waals surface area contributed by atoms with Crippen LogP contribution >= 0.6 is 11.6 Å². The van der Waals surface area contributed by atoms with Crippen molar-refractivity contribution in [3.05, 3.63) is 58.6 Å². The molecule has 32 heavy (non-hydrogen) atoms. The standard InChI is InChI=1S/C22H21ClF3N3O3/c1-12(2)27-20(31)13-6-7-17(23)18(8-13)28-21(32)14-9-19(30)29(11-14)16-5-3-4-15(10-16)22(24,25)26/h3-8,10,12,14H,9,11H2,1-2H3,(H,27,31)(H,28,32). The van der Waals surface area contributed by atoms with Gasteiger partial charge < -0.3 is 15.5 Å². The monoisotopic (exact) mass is 467 g/mol. The summed E-state index contributed by atoms with van der Waals surface area (Å²) in [6, 6.07) is 8.74. The third-order valence-electron chi connectivity index (χ3n) is 4.89. The first kappa shape index (κ1) is 23.6. The Bertz CT molecular complexity index is 1060. The fraction of sp³-hybridized carbons (Fsp3) is 0.318. The third kappa shape index (κ3) is 5.40. The lowest BCUT2D eigenvalue weighted by atomic mass is 10.1. The van der Waals surface area contributed by atoms with E-state index in [1.807, 2.05) is 13.8 Å². The van der Waals surface area contributed by atoms with Crippen molar-refractivity contribution in [2.75, 3.05) is 16.8 Å². The highest BCUT2D eigenvalue weighted by Gasteiger charge is 2.37. The number of alkyl halides is 3. The molecule has 1 fully saturated rings. The molecule has 2 N–H and O–H groups in total. The summed E-state index contributed by atoms with van der Waals surface area (Å²) in [5.41, 5.74) is -0.297. The minimum atomic E-state index is -4.54. The normalized spacial score (nSPS) is 16.4. The van der Waals surface area contributed by atoms with E-state index in [-0.39, 0.29) is 41.3 Å². The average Bonchev–Trinajstić information content (AvgIpc) is 3.10. The predicted octanol–water partition coefficient (Wildman–Crippen LogP) is 4.49. The SMILES string of the molecule is CC(C)NC(=O)c1ccc(Cl)c(NC(=O)C2CC(=O)N(c3cccc(C(F)(F)F)c3)C2)c1. The number of hydrogen-bond acceptors (Lipinski definition) is 3. The van der Waals surface area contributed by atoms with Crippen LogP contribution in [0.2, 0.25) is 5.02 Å². The van der Waals surface area contributed by atoms with Gasteiger partial charge in [0.2, 0.25) is 11.8 Å². The molecule has 1 saturated heterocycles. The zero-order valence-corrected chi connectivity index (χ0v) is 18.1. The van der Waals surface area contributed by atoms with Gasteiger partial charge in [-0.2, -0.15) is 13.2 Å². The van der Waals surface area contributed by atoms with E-state index in [4.69, 9.17) is 11.6 Å². The maximum absolute atomic E-state index is 13.0. The smallest absolute Gasteiger partial charge is 0.350 e. The van der Waals surface area contributed by atoms with E-state index in [0.29, 0.717) is 5.56 Å². The highest BCUT2D eigenvalue weighted by atomic mass is 35.5. The lowest BCUT2D eigenvalue weighted by Gasteiger charge is -2.18. The van der Waals surface area contributed by atoms with Gasteiger partial charge in [-0.15, -0.1) is 0 Å². The molecule has 0 aromatic heterocycles. The van der Waals surface area contributed by atoms with Crippen molar-refractivity contribution in [1.29, 1.82) is 0 Å². The Labute approximate surface area is 187 Å². The van der Waals surface area contributed by atoms with E-state index in [9.17, 15) is 27.6 Å². The number of rotatable bonds is 5. The van der Waals surface area contributed by atoms with Crippen LogP contribution < -0.4 is 15.5 Å².